The summed E-state index contributed by atoms with van der Waals surface area (Å²) in [7, 11) is 0. The van der Waals surface area contributed by atoms with E-state index in [2.05, 4.69) is 15.0 Å². The molecule has 0 unspecified atom stereocenters. The van der Waals surface area contributed by atoms with Crippen LogP contribution in [0, 0.1) is 5.92 Å². The molecule has 2 aromatic heterocycles. The first-order valence-electron chi connectivity index (χ1n) is 6.63. The number of H-pyrrole nitrogens is 1. The number of anilines is 1. The van der Waals surface area contributed by atoms with E-state index in [0.717, 1.165) is 24.2 Å². The van der Waals surface area contributed by atoms with Crippen LogP contribution in [-0.2, 0) is 0 Å². The van der Waals surface area contributed by atoms with E-state index in [1.54, 1.807) is 6.20 Å². The SMILES string of the molecule is FC(F)(F)C[C@H]1CCCN(c2ncnc3[nH]ccc23)C1. The second-order valence-electron chi connectivity index (χ2n) is 5.21. The monoisotopic (exact) mass is 284 g/mol. The number of halogens is 3. The average Bonchev–Trinajstić information content (AvgIpc) is 2.85. The fourth-order valence-electron chi connectivity index (χ4n) is 2.86. The summed E-state index contributed by atoms with van der Waals surface area (Å²) < 4.78 is 37.6. The van der Waals surface area contributed by atoms with Crippen LogP contribution in [0.15, 0.2) is 18.6 Å². The third-order valence-corrected chi connectivity index (χ3v) is 3.67. The van der Waals surface area contributed by atoms with Gasteiger partial charge < -0.3 is 9.88 Å². The summed E-state index contributed by atoms with van der Waals surface area (Å²) in [5.41, 5.74) is 0.716. The quantitative estimate of drug-likeness (QED) is 0.921. The van der Waals surface area contributed by atoms with Gasteiger partial charge in [0, 0.05) is 25.7 Å². The molecule has 0 amide bonds. The Hall–Kier alpha value is -1.79. The summed E-state index contributed by atoms with van der Waals surface area (Å²) >= 11 is 0. The highest BCUT2D eigenvalue weighted by molar-refractivity contribution is 5.87. The van der Waals surface area contributed by atoms with Crippen molar-refractivity contribution in [3.63, 3.8) is 0 Å². The number of nitrogens with one attached hydrogen (secondary N) is 1. The molecule has 3 heterocycles. The minimum atomic E-state index is -4.09. The molecule has 1 fully saturated rings. The van der Waals surface area contributed by atoms with E-state index in [-0.39, 0.29) is 5.92 Å². The van der Waals surface area contributed by atoms with Gasteiger partial charge in [0.2, 0.25) is 0 Å². The zero-order chi connectivity index (χ0) is 14.2. The summed E-state index contributed by atoms with van der Waals surface area (Å²) in [6, 6.07) is 1.86. The lowest BCUT2D eigenvalue weighted by atomic mass is 9.94. The highest BCUT2D eigenvalue weighted by Crippen LogP contribution is 2.32. The first kappa shape index (κ1) is 13.2. The minimum absolute atomic E-state index is 0.354. The maximum atomic E-state index is 12.5. The number of nitrogens with zero attached hydrogens (tertiary/aromatic N) is 3. The number of hydrogen-bond donors (Lipinski definition) is 1. The van der Waals surface area contributed by atoms with Gasteiger partial charge in [-0.05, 0) is 24.8 Å². The van der Waals surface area contributed by atoms with Crippen LogP contribution in [0.4, 0.5) is 19.0 Å². The Kier molecular flexibility index (Phi) is 3.27. The zero-order valence-corrected chi connectivity index (χ0v) is 10.8. The van der Waals surface area contributed by atoms with Crippen LogP contribution in [0.1, 0.15) is 19.3 Å². The Labute approximate surface area is 114 Å². The standard InChI is InChI=1S/C13H15F3N4/c14-13(15,16)6-9-2-1-5-20(7-9)12-10-3-4-17-11(10)18-8-19-12/h3-4,8-9H,1-2,5-7H2,(H,17,18,19)/t9-/m1/s1. The van der Waals surface area contributed by atoms with Crippen molar-refractivity contribution in [3.05, 3.63) is 18.6 Å². The van der Waals surface area contributed by atoms with Gasteiger partial charge in [0.1, 0.15) is 17.8 Å². The first-order valence-corrected chi connectivity index (χ1v) is 6.63. The van der Waals surface area contributed by atoms with E-state index in [1.807, 2.05) is 11.0 Å². The van der Waals surface area contributed by atoms with Crippen molar-refractivity contribution in [1.82, 2.24) is 15.0 Å². The molecule has 1 saturated heterocycles. The molecule has 0 aliphatic carbocycles. The third kappa shape index (κ3) is 2.71. The van der Waals surface area contributed by atoms with Crippen molar-refractivity contribution in [2.75, 3.05) is 18.0 Å². The first-order chi connectivity index (χ1) is 9.53. The molecule has 0 spiro atoms. The normalized spacial score (nSPS) is 20.6. The molecule has 1 aliphatic heterocycles. The van der Waals surface area contributed by atoms with E-state index in [0.29, 0.717) is 18.6 Å². The lowest BCUT2D eigenvalue weighted by molar-refractivity contribution is -0.144. The van der Waals surface area contributed by atoms with Crippen LogP contribution in [0.2, 0.25) is 0 Å². The number of rotatable bonds is 2. The van der Waals surface area contributed by atoms with E-state index in [1.165, 1.54) is 6.33 Å². The molecule has 0 aromatic carbocycles. The summed E-state index contributed by atoms with van der Waals surface area (Å²) in [5.74, 6) is 0.371. The number of hydrogen-bond acceptors (Lipinski definition) is 3. The van der Waals surface area contributed by atoms with Gasteiger partial charge in [-0.2, -0.15) is 13.2 Å². The molecule has 7 heteroatoms. The Balaban J connectivity index is 1.81. The van der Waals surface area contributed by atoms with Gasteiger partial charge in [0.15, 0.2) is 0 Å². The van der Waals surface area contributed by atoms with Gasteiger partial charge in [-0.15, -0.1) is 0 Å². The Morgan fingerprint density at radius 1 is 1.35 bits per heavy atom. The van der Waals surface area contributed by atoms with E-state index >= 15 is 0 Å². The molecular weight excluding hydrogens is 269 g/mol. The van der Waals surface area contributed by atoms with Gasteiger partial charge in [-0.1, -0.05) is 0 Å². The van der Waals surface area contributed by atoms with Crippen LogP contribution in [-0.4, -0.2) is 34.2 Å². The molecular formula is C13H15F3N4. The topological polar surface area (TPSA) is 44.8 Å². The van der Waals surface area contributed by atoms with Crippen molar-refractivity contribution >= 4 is 16.9 Å². The third-order valence-electron chi connectivity index (χ3n) is 3.67. The van der Waals surface area contributed by atoms with Crippen molar-refractivity contribution < 1.29 is 13.2 Å². The van der Waals surface area contributed by atoms with Crippen LogP contribution in [0.25, 0.3) is 11.0 Å². The fourth-order valence-corrected chi connectivity index (χ4v) is 2.86. The molecule has 1 atom stereocenters. The molecule has 20 heavy (non-hydrogen) atoms. The molecule has 1 N–H and O–H groups in total. The molecule has 2 aromatic rings. The summed E-state index contributed by atoms with van der Waals surface area (Å²) in [5, 5.41) is 0.861. The van der Waals surface area contributed by atoms with Crippen LogP contribution in [0.5, 0.6) is 0 Å². The number of piperidine rings is 1. The van der Waals surface area contributed by atoms with Crippen LogP contribution in [0.3, 0.4) is 0 Å². The van der Waals surface area contributed by atoms with Gasteiger partial charge in [0.05, 0.1) is 5.39 Å². The number of aromatic amines is 1. The van der Waals surface area contributed by atoms with Gasteiger partial charge >= 0.3 is 6.18 Å². The molecule has 3 rings (SSSR count). The average molecular weight is 284 g/mol. The lowest BCUT2D eigenvalue weighted by Crippen LogP contribution is -2.37. The Bertz CT molecular complexity index is 593. The van der Waals surface area contributed by atoms with Crippen molar-refractivity contribution in [2.24, 2.45) is 5.92 Å². The molecule has 0 radical (unpaired) electrons. The van der Waals surface area contributed by atoms with E-state index in [4.69, 9.17) is 0 Å². The van der Waals surface area contributed by atoms with Crippen molar-refractivity contribution in [1.29, 1.82) is 0 Å². The van der Waals surface area contributed by atoms with Crippen LogP contribution < -0.4 is 4.90 Å². The van der Waals surface area contributed by atoms with E-state index in [9.17, 15) is 13.2 Å². The van der Waals surface area contributed by atoms with E-state index < -0.39 is 12.6 Å². The fraction of sp³-hybridized carbons (Fsp3) is 0.538. The molecule has 0 bridgehead atoms. The molecule has 1 aliphatic rings. The predicted molar refractivity (Wildman–Crippen MR) is 69.5 cm³/mol. The lowest BCUT2D eigenvalue weighted by Gasteiger charge is -2.34. The van der Waals surface area contributed by atoms with Gasteiger partial charge in [0.25, 0.3) is 0 Å². The summed E-state index contributed by atoms with van der Waals surface area (Å²) in [6.45, 7) is 1.14. The van der Waals surface area contributed by atoms with Crippen molar-refractivity contribution in [2.45, 2.75) is 25.4 Å². The zero-order valence-electron chi connectivity index (χ0n) is 10.8. The van der Waals surface area contributed by atoms with Crippen molar-refractivity contribution in [3.8, 4) is 0 Å². The highest BCUT2D eigenvalue weighted by atomic mass is 19.4. The van der Waals surface area contributed by atoms with Gasteiger partial charge in [-0.3, -0.25) is 0 Å². The molecule has 108 valence electrons. The maximum Gasteiger partial charge on any atom is 0.389 e. The Morgan fingerprint density at radius 3 is 3.00 bits per heavy atom. The highest BCUT2D eigenvalue weighted by Gasteiger charge is 2.34. The second-order valence-corrected chi connectivity index (χ2v) is 5.21. The molecule has 4 nitrogen and oxygen atoms in total. The number of alkyl halides is 3. The minimum Gasteiger partial charge on any atom is -0.356 e. The largest absolute Gasteiger partial charge is 0.389 e. The summed E-state index contributed by atoms with van der Waals surface area (Å²) in [4.78, 5) is 13.3. The number of fused-ring (bicyclic) bond motifs is 1. The predicted octanol–water partition coefficient (Wildman–Crippen LogP) is 3.13. The second kappa shape index (κ2) is 4.96. The van der Waals surface area contributed by atoms with Crippen LogP contribution >= 0.6 is 0 Å². The van der Waals surface area contributed by atoms with Gasteiger partial charge in [-0.25, -0.2) is 9.97 Å². The summed E-state index contributed by atoms with van der Waals surface area (Å²) in [6.07, 6.45) is -0.219. The maximum absolute atomic E-state index is 12.5. The molecule has 0 saturated carbocycles. The Morgan fingerprint density at radius 2 is 2.20 bits per heavy atom. The smallest absolute Gasteiger partial charge is 0.356 e. The number of aromatic nitrogens is 3.